The van der Waals surface area contributed by atoms with Crippen molar-refractivity contribution >= 4 is 17.0 Å². The third-order valence-corrected chi connectivity index (χ3v) is 7.16. The van der Waals surface area contributed by atoms with Gasteiger partial charge in [-0.3, -0.25) is 9.36 Å². The molecule has 7 heteroatoms. The van der Waals surface area contributed by atoms with E-state index in [0.717, 1.165) is 61.2 Å². The second-order valence-corrected chi connectivity index (χ2v) is 9.92. The molecule has 0 atom stereocenters. The zero-order chi connectivity index (χ0) is 25.8. The molecule has 192 valence electrons. The van der Waals surface area contributed by atoms with Gasteiger partial charge in [-0.05, 0) is 51.3 Å². The second-order valence-electron chi connectivity index (χ2n) is 9.92. The predicted octanol–water partition coefficient (Wildman–Crippen LogP) is 4.85. The van der Waals surface area contributed by atoms with Crippen molar-refractivity contribution in [2.24, 2.45) is 0 Å². The van der Waals surface area contributed by atoms with Gasteiger partial charge in [0.05, 0.1) is 7.11 Å². The Morgan fingerprint density at radius 3 is 2.49 bits per heavy atom. The van der Waals surface area contributed by atoms with Crippen LogP contribution in [0.1, 0.15) is 38.3 Å². The lowest BCUT2D eigenvalue weighted by molar-refractivity contribution is 0.415. The molecular weight excluding hydrogens is 462 g/mol. The van der Waals surface area contributed by atoms with Gasteiger partial charge in [-0.25, -0.2) is 4.98 Å². The molecule has 0 radical (unpaired) electrons. The van der Waals surface area contributed by atoms with Crippen LogP contribution in [-0.4, -0.2) is 47.3 Å². The van der Waals surface area contributed by atoms with E-state index in [2.05, 4.69) is 40.5 Å². The molecule has 37 heavy (non-hydrogen) atoms. The summed E-state index contributed by atoms with van der Waals surface area (Å²) in [6, 6.07) is 20.5. The fraction of sp³-hybridized carbons (Fsp3) is 0.367. The second kappa shape index (κ2) is 11.1. The molecule has 0 spiro atoms. The Balaban J connectivity index is 1.37. The number of para-hydroxylation sites is 1. The summed E-state index contributed by atoms with van der Waals surface area (Å²) in [5.74, 6) is 1.40. The van der Waals surface area contributed by atoms with Gasteiger partial charge in [0.1, 0.15) is 11.4 Å². The van der Waals surface area contributed by atoms with E-state index in [4.69, 9.17) is 14.7 Å². The van der Waals surface area contributed by atoms with Gasteiger partial charge >= 0.3 is 0 Å². The van der Waals surface area contributed by atoms with Gasteiger partial charge in [-0.1, -0.05) is 48.5 Å². The van der Waals surface area contributed by atoms with Gasteiger partial charge < -0.3 is 15.0 Å². The number of fused-ring (bicyclic) bond motifs is 1. The molecule has 0 bridgehead atoms. The number of pyridine rings is 1. The molecule has 0 aliphatic carbocycles. The molecule has 2 aromatic heterocycles. The third-order valence-electron chi connectivity index (χ3n) is 7.16. The quantitative estimate of drug-likeness (QED) is 0.375. The molecule has 1 fully saturated rings. The Morgan fingerprint density at radius 2 is 1.76 bits per heavy atom. The Kier molecular flexibility index (Phi) is 7.51. The van der Waals surface area contributed by atoms with Gasteiger partial charge in [0.25, 0.3) is 5.56 Å². The highest BCUT2D eigenvalue weighted by Gasteiger charge is 2.23. The van der Waals surface area contributed by atoms with Crippen LogP contribution >= 0.6 is 0 Å². The molecule has 0 unspecified atom stereocenters. The van der Waals surface area contributed by atoms with Gasteiger partial charge in [0.15, 0.2) is 0 Å². The number of benzene rings is 2. The van der Waals surface area contributed by atoms with Crippen LogP contribution in [-0.2, 0) is 6.42 Å². The summed E-state index contributed by atoms with van der Waals surface area (Å²) in [5, 5.41) is 4.56. The number of nitrogens with one attached hydrogen (secondary N) is 1. The third kappa shape index (κ3) is 5.37. The van der Waals surface area contributed by atoms with E-state index >= 15 is 0 Å². The van der Waals surface area contributed by atoms with E-state index in [1.807, 2.05) is 44.3 Å². The van der Waals surface area contributed by atoms with Gasteiger partial charge in [-0.15, -0.1) is 0 Å². The minimum absolute atomic E-state index is 0.0241. The lowest BCUT2D eigenvalue weighted by Crippen LogP contribution is -2.43. The van der Waals surface area contributed by atoms with Crippen LogP contribution in [0, 0.1) is 0 Å². The number of anilines is 1. The van der Waals surface area contributed by atoms with Gasteiger partial charge in [0.2, 0.25) is 5.95 Å². The SMILES string of the molecule is COc1ccccc1-c1cc(=O)n(C(C)C)c2nc(N3CCC(NCCc4ccccc4)CC3)ncc12. The summed E-state index contributed by atoms with van der Waals surface area (Å²) in [6.07, 6.45) is 4.97. The van der Waals surface area contributed by atoms with E-state index in [1.165, 1.54) is 5.56 Å². The molecule has 0 amide bonds. The van der Waals surface area contributed by atoms with Crippen molar-refractivity contribution in [3.63, 3.8) is 0 Å². The first-order valence-corrected chi connectivity index (χ1v) is 13.1. The topological polar surface area (TPSA) is 72.3 Å². The van der Waals surface area contributed by atoms with Crippen molar-refractivity contribution in [2.75, 3.05) is 31.6 Å². The maximum absolute atomic E-state index is 13.2. The Labute approximate surface area is 218 Å². The molecule has 1 aliphatic heterocycles. The summed E-state index contributed by atoms with van der Waals surface area (Å²) in [5.41, 5.74) is 3.61. The number of nitrogens with zero attached hydrogens (tertiary/aromatic N) is 4. The molecule has 3 heterocycles. The molecule has 1 saturated heterocycles. The van der Waals surface area contributed by atoms with Crippen molar-refractivity contribution in [3.05, 3.63) is 82.8 Å². The first-order valence-electron chi connectivity index (χ1n) is 13.1. The van der Waals surface area contributed by atoms with Crippen LogP contribution in [0.15, 0.2) is 71.7 Å². The van der Waals surface area contributed by atoms with E-state index < -0.39 is 0 Å². The number of piperidine rings is 1. The Hall–Kier alpha value is -3.71. The smallest absolute Gasteiger partial charge is 0.253 e. The normalized spacial score (nSPS) is 14.4. The summed E-state index contributed by atoms with van der Waals surface area (Å²) in [6.45, 7) is 6.77. The maximum Gasteiger partial charge on any atom is 0.253 e. The summed E-state index contributed by atoms with van der Waals surface area (Å²) < 4.78 is 7.35. The van der Waals surface area contributed by atoms with Crippen LogP contribution in [0.2, 0.25) is 0 Å². The molecular formula is C30H35N5O2. The van der Waals surface area contributed by atoms with Crippen LogP contribution in [0.3, 0.4) is 0 Å². The monoisotopic (exact) mass is 497 g/mol. The zero-order valence-corrected chi connectivity index (χ0v) is 21.9. The van der Waals surface area contributed by atoms with Crippen molar-refractivity contribution in [3.8, 4) is 16.9 Å². The minimum atomic E-state index is -0.0746. The highest BCUT2D eigenvalue weighted by molar-refractivity contribution is 5.94. The number of hydrogen-bond acceptors (Lipinski definition) is 6. The van der Waals surface area contributed by atoms with Gasteiger partial charge in [-0.2, -0.15) is 4.98 Å². The Bertz CT molecular complexity index is 1410. The number of rotatable bonds is 8. The van der Waals surface area contributed by atoms with E-state index in [0.29, 0.717) is 17.6 Å². The van der Waals surface area contributed by atoms with E-state index in [9.17, 15) is 4.79 Å². The van der Waals surface area contributed by atoms with Crippen molar-refractivity contribution < 1.29 is 4.74 Å². The first-order chi connectivity index (χ1) is 18.0. The molecule has 5 rings (SSSR count). The summed E-state index contributed by atoms with van der Waals surface area (Å²) in [4.78, 5) is 25.2. The first kappa shape index (κ1) is 25.0. The lowest BCUT2D eigenvalue weighted by Gasteiger charge is -2.32. The molecule has 7 nitrogen and oxygen atoms in total. The van der Waals surface area contributed by atoms with Crippen LogP contribution in [0.5, 0.6) is 5.75 Å². The molecule has 0 saturated carbocycles. The van der Waals surface area contributed by atoms with E-state index in [1.54, 1.807) is 17.7 Å². The number of aromatic nitrogens is 3. The van der Waals surface area contributed by atoms with Crippen LogP contribution in [0.4, 0.5) is 5.95 Å². The number of hydrogen-bond donors (Lipinski definition) is 1. The van der Waals surface area contributed by atoms with E-state index in [-0.39, 0.29) is 11.6 Å². The van der Waals surface area contributed by atoms with Crippen LogP contribution < -0.4 is 20.5 Å². The van der Waals surface area contributed by atoms with Crippen molar-refractivity contribution in [1.82, 2.24) is 19.9 Å². The average molecular weight is 498 g/mol. The fourth-order valence-electron chi connectivity index (χ4n) is 5.20. The highest BCUT2D eigenvalue weighted by atomic mass is 16.5. The zero-order valence-electron chi connectivity index (χ0n) is 21.9. The van der Waals surface area contributed by atoms with Gasteiger partial charge in [0, 0.05) is 53.9 Å². The number of methoxy groups -OCH3 is 1. The van der Waals surface area contributed by atoms with Crippen LogP contribution in [0.25, 0.3) is 22.2 Å². The Morgan fingerprint density at radius 1 is 1.03 bits per heavy atom. The standard InChI is InChI=1S/C30H35N5O2/c1-21(2)35-28(36)19-25(24-11-7-8-12-27(24)37-3)26-20-32-30(33-29(26)35)34-17-14-23(15-18-34)31-16-13-22-9-5-4-6-10-22/h4-12,19-21,23,31H,13-18H2,1-3H3. The van der Waals surface area contributed by atoms with Crippen molar-refractivity contribution in [2.45, 2.75) is 45.2 Å². The maximum atomic E-state index is 13.2. The average Bonchev–Trinajstić information content (AvgIpc) is 2.93. The minimum Gasteiger partial charge on any atom is -0.496 e. The van der Waals surface area contributed by atoms with Crippen molar-refractivity contribution in [1.29, 1.82) is 0 Å². The summed E-state index contributed by atoms with van der Waals surface area (Å²) >= 11 is 0. The number of ether oxygens (including phenoxy) is 1. The molecule has 2 aromatic carbocycles. The highest BCUT2D eigenvalue weighted by Crippen LogP contribution is 2.34. The molecule has 1 N–H and O–H groups in total. The summed E-state index contributed by atoms with van der Waals surface area (Å²) in [7, 11) is 1.64. The molecule has 1 aliphatic rings. The lowest BCUT2D eigenvalue weighted by atomic mass is 10.0. The largest absolute Gasteiger partial charge is 0.496 e. The fourth-order valence-corrected chi connectivity index (χ4v) is 5.20. The molecule has 4 aromatic rings. The predicted molar refractivity (Wildman–Crippen MR) is 150 cm³/mol.